The summed E-state index contributed by atoms with van der Waals surface area (Å²) in [5.74, 6) is 0.141. The molecule has 1 amide bonds. The molecule has 0 unspecified atom stereocenters. The fourth-order valence-corrected chi connectivity index (χ4v) is 5.43. The highest BCUT2D eigenvalue weighted by atomic mass is 32.2. The van der Waals surface area contributed by atoms with E-state index in [4.69, 9.17) is 4.74 Å². The molecule has 0 aromatic heterocycles. The van der Waals surface area contributed by atoms with Crippen LogP contribution in [0, 0.1) is 19.8 Å². The van der Waals surface area contributed by atoms with Crippen LogP contribution < -0.4 is 10.1 Å². The van der Waals surface area contributed by atoms with E-state index >= 15 is 0 Å². The number of nitrogens with zero attached hydrogens (tertiary/aromatic N) is 1. The monoisotopic (exact) mass is 430 g/mol. The van der Waals surface area contributed by atoms with E-state index in [9.17, 15) is 13.2 Å². The van der Waals surface area contributed by atoms with Crippen molar-refractivity contribution in [3.63, 3.8) is 0 Å². The number of ether oxygens (including phenoxy) is 1. The molecule has 0 radical (unpaired) electrons. The second kappa shape index (κ2) is 9.18. The SMILES string of the molecule is COc1ccc(S(=O)(=O)N2CCC[C@H](C(=O)N[C@H](C)c3cc(C)ccc3C)C2)cc1. The number of rotatable bonds is 6. The van der Waals surface area contributed by atoms with Crippen molar-refractivity contribution in [3.8, 4) is 5.75 Å². The molecule has 0 spiro atoms. The standard InChI is InChI=1S/C23H30N2O4S/c1-16-7-8-17(2)22(14-16)18(3)24-23(26)19-6-5-13-25(15-19)30(27,28)21-11-9-20(29-4)10-12-21/h7-12,14,18-19H,5-6,13,15H2,1-4H3,(H,24,26)/t18-,19+/m1/s1. The van der Waals surface area contributed by atoms with E-state index in [2.05, 4.69) is 23.5 Å². The van der Waals surface area contributed by atoms with Crippen LogP contribution in [0.1, 0.15) is 42.5 Å². The molecule has 1 aliphatic heterocycles. The number of methoxy groups -OCH3 is 1. The highest BCUT2D eigenvalue weighted by Crippen LogP contribution is 2.26. The van der Waals surface area contributed by atoms with Gasteiger partial charge in [0.2, 0.25) is 15.9 Å². The van der Waals surface area contributed by atoms with Crippen molar-refractivity contribution in [1.29, 1.82) is 0 Å². The third-order valence-electron chi connectivity index (χ3n) is 5.71. The molecule has 1 N–H and O–H groups in total. The van der Waals surface area contributed by atoms with E-state index in [1.807, 2.05) is 20.8 Å². The Hall–Kier alpha value is -2.38. The van der Waals surface area contributed by atoms with E-state index in [0.29, 0.717) is 25.1 Å². The largest absolute Gasteiger partial charge is 0.497 e. The fraction of sp³-hybridized carbons (Fsp3) is 0.435. The number of carbonyl (C=O) groups is 1. The maximum Gasteiger partial charge on any atom is 0.243 e. The lowest BCUT2D eigenvalue weighted by atomic mass is 9.96. The van der Waals surface area contributed by atoms with Crippen LogP contribution in [-0.4, -0.2) is 38.8 Å². The van der Waals surface area contributed by atoms with E-state index in [1.165, 1.54) is 11.4 Å². The predicted molar refractivity (Wildman–Crippen MR) is 117 cm³/mol. The molecule has 2 aromatic carbocycles. The van der Waals surface area contributed by atoms with Gasteiger partial charge < -0.3 is 10.1 Å². The van der Waals surface area contributed by atoms with Crippen molar-refractivity contribution >= 4 is 15.9 Å². The lowest BCUT2D eigenvalue weighted by Crippen LogP contribution is -2.45. The molecular weight excluding hydrogens is 400 g/mol. The minimum atomic E-state index is -3.65. The zero-order chi connectivity index (χ0) is 21.9. The molecule has 6 nitrogen and oxygen atoms in total. The molecule has 3 rings (SSSR count). The van der Waals surface area contributed by atoms with E-state index < -0.39 is 10.0 Å². The van der Waals surface area contributed by atoms with Gasteiger partial charge in [0.25, 0.3) is 0 Å². The smallest absolute Gasteiger partial charge is 0.243 e. The molecule has 162 valence electrons. The first-order valence-corrected chi connectivity index (χ1v) is 11.7. The summed E-state index contributed by atoms with van der Waals surface area (Å²) in [7, 11) is -2.11. The number of hydrogen-bond donors (Lipinski definition) is 1. The van der Waals surface area contributed by atoms with Crippen LogP contribution in [0.3, 0.4) is 0 Å². The first-order valence-electron chi connectivity index (χ1n) is 10.2. The van der Waals surface area contributed by atoms with E-state index in [1.54, 1.807) is 24.3 Å². The first kappa shape index (κ1) is 22.3. The zero-order valence-electron chi connectivity index (χ0n) is 18.0. The van der Waals surface area contributed by atoms with Crippen molar-refractivity contribution in [1.82, 2.24) is 9.62 Å². The number of nitrogens with one attached hydrogen (secondary N) is 1. The molecule has 7 heteroatoms. The van der Waals surface area contributed by atoms with Gasteiger partial charge in [-0.25, -0.2) is 8.42 Å². The summed E-state index contributed by atoms with van der Waals surface area (Å²) < 4.78 is 32.6. The van der Waals surface area contributed by atoms with Gasteiger partial charge in [-0.3, -0.25) is 4.79 Å². The number of hydrogen-bond acceptors (Lipinski definition) is 4. The number of sulfonamides is 1. The quantitative estimate of drug-likeness (QED) is 0.760. The molecule has 2 aromatic rings. The van der Waals surface area contributed by atoms with Crippen molar-refractivity contribution in [2.45, 2.75) is 44.6 Å². The van der Waals surface area contributed by atoms with Gasteiger partial charge in [0.1, 0.15) is 5.75 Å². The fourth-order valence-electron chi connectivity index (χ4n) is 3.91. The molecule has 1 saturated heterocycles. The third kappa shape index (κ3) is 4.84. The minimum absolute atomic E-state index is 0.0990. The Labute approximate surface area is 179 Å². The summed E-state index contributed by atoms with van der Waals surface area (Å²) >= 11 is 0. The maximum atomic E-state index is 13.0. The average molecular weight is 431 g/mol. The second-order valence-electron chi connectivity index (χ2n) is 7.97. The number of amides is 1. The molecule has 1 fully saturated rings. The molecule has 30 heavy (non-hydrogen) atoms. The summed E-state index contributed by atoms with van der Waals surface area (Å²) in [4.78, 5) is 13.1. The predicted octanol–water partition coefficient (Wildman–Crippen LogP) is 3.59. The lowest BCUT2D eigenvalue weighted by molar-refractivity contribution is -0.126. The Morgan fingerprint density at radius 2 is 1.87 bits per heavy atom. The number of aryl methyl sites for hydroxylation is 2. The highest BCUT2D eigenvalue weighted by molar-refractivity contribution is 7.89. The van der Waals surface area contributed by atoms with Crippen molar-refractivity contribution in [2.75, 3.05) is 20.2 Å². The number of carbonyl (C=O) groups excluding carboxylic acids is 1. The zero-order valence-corrected chi connectivity index (χ0v) is 18.8. The van der Waals surface area contributed by atoms with Gasteiger partial charge >= 0.3 is 0 Å². The van der Waals surface area contributed by atoms with Crippen LogP contribution in [0.15, 0.2) is 47.4 Å². The van der Waals surface area contributed by atoms with Crippen molar-refractivity contribution < 1.29 is 17.9 Å². The molecule has 0 saturated carbocycles. The summed E-state index contributed by atoms with van der Waals surface area (Å²) in [6, 6.07) is 12.4. The normalized spacial score (nSPS) is 18.6. The van der Waals surface area contributed by atoms with Crippen molar-refractivity contribution in [2.24, 2.45) is 5.92 Å². The third-order valence-corrected chi connectivity index (χ3v) is 7.59. The van der Waals surface area contributed by atoms with Crippen LogP contribution in [-0.2, 0) is 14.8 Å². The summed E-state index contributed by atoms with van der Waals surface area (Å²) in [6.45, 7) is 6.64. The number of benzene rings is 2. The van der Waals surface area contributed by atoms with Gasteiger partial charge in [0, 0.05) is 13.1 Å². The Balaban J connectivity index is 1.70. The first-order chi connectivity index (χ1) is 14.2. The van der Waals surface area contributed by atoms with Gasteiger partial charge in [-0.05, 0) is 69.0 Å². The summed E-state index contributed by atoms with van der Waals surface area (Å²) in [5.41, 5.74) is 3.36. The molecule has 1 aliphatic rings. The van der Waals surface area contributed by atoms with Gasteiger partial charge in [-0.1, -0.05) is 23.8 Å². The molecule has 0 bridgehead atoms. The second-order valence-corrected chi connectivity index (χ2v) is 9.91. The Morgan fingerprint density at radius 1 is 1.17 bits per heavy atom. The van der Waals surface area contributed by atoms with Crippen LogP contribution in [0.5, 0.6) is 5.75 Å². The molecular formula is C23H30N2O4S. The van der Waals surface area contributed by atoms with Crippen molar-refractivity contribution in [3.05, 3.63) is 59.2 Å². The average Bonchev–Trinajstić information content (AvgIpc) is 2.75. The van der Waals surface area contributed by atoms with Gasteiger partial charge in [-0.15, -0.1) is 0 Å². The van der Waals surface area contributed by atoms with Gasteiger partial charge in [-0.2, -0.15) is 4.31 Å². The summed E-state index contributed by atoms with van der Waals surface area (Å²) in [5, 5.41) is 3.08. The lowest BCUT2D eigenvalue weighted by Gasteiger charge is -2.32. The van der Waals surface area contributed by atoms with Crippen LogP contribution in [0.4, 0.5) is 0 Å². The highest BCUT2D eigenvalue weighted by Gasteiger charge is 2.33. The van der Waals surface area contributed by atoms with Crippen LogP contribution in [0.25, 0.3) is 0 Å². The van der Waals surface area contributed by atoms with Crippen LogP contribution in [0.2, 0.25) is 0 Å². The topological polar surface area (TPSA) is 75.7 Å². The van der Waals surface area contributed by atoms with E-state index in [-0.39, 0.29) is 29.3 Å². The Kier molecular flexibility index (Phi) is 6.83. The van der Waals surface area contributed by atoms with Gasteiger partial charge in [0.15, 0.2) is 0 Å². The Bertz CT molecular complexity index is 1000. The maximum absolute atomic E-state index is 13.0. The van der Waals surface area contributed by atoms with E-state index in [0.717, 1.165) is 16.7 Å². The minimum Gasteiger partial charge on any atom is -0.497 e. The van der Waals surface area contributed by atoms with Gasteiger partial charge in [0.05, 0.1) is 24.0 Å². The molecule has 0 aliphatic carbocycles. The number of piperidine rings is 1. The molecule has 1 heterocycles. The van der Waals surface area contributed by atoms with Crippen LogP contribution >= 0.6 is 0 Å². The summed E-state index contributed by atoms with van der Waals surface area (Å²) in [6.07, 6.45) is 1.34. The Morgan fingerprint density at radius 3 is 2.53 bits per heavy atom. The molecule has 2 atom stereocenters.